The number of piperidine rings is 1. The van der Waals surface area contributed by atoms with Gasteiger partial charge in [0.2, 0.25) is 0 Å². The van der Waals surface area contributed by atoms with Crippen molar-refractivity contribution in [1.82, 2.24) is 14.8 Å². The predicted molar refractivity (Wildman–Crippen MR) is 94.3 cm³/mol. The maximum absolute atomic E-state index is 12.7. The SMILES string of the molecule is O=c1c(Cl)c(N2CCCCC2CCO)cnn1-c1ccc(C(F)(F)F)cn1. The second-order valence-corrected chi connectivity index (χ2v) is 6.70. The molecule has 0 bridgehead atoms. The maximum atomic E-state index is 12.7. The summed E-state index contributed by atoms with van der Waals surface area (Å²) in [6, 6.07) is 1.96. The summed E-state index contributed by atoms with van der Waals surface area (Å²) < 4.78 is 38.8. The molecule has 146 valence electrons. The van der Waals surface area contributed by atoms with Crippen LogP contribution in [-0.4, -0.2) is 39.1 Å². The van der Waals surface area contributed by atoms with Crippen LogP contribution in [-0.2, 0) is 6.18 Å². The van der Waals surface area contributed by atoms with Gasteiger partial charge >= 0.3 is 6.18 Å². The Morgan fingerprint density at radius 2 is 2.04 bits per heavy atom. The van der Waals surface area contributed by atoms with Crippen LogP contribution in [0, 0.1) is 0 Å². The molecule has 0 spiro atoms. The van der Waals surface area contributed by atoms with Gasteiger partial charge < -0.3 is 10.0 Å². The fourth-order valence-corrected chi connectivity index (χ4v) is 3.47. The number of aliphatic hydroxyl groups excluding tert-OH is 1. The van der Waals surface area contributed by atoms with Crippen LogP contribution in [0.15, 0.2) is 29.3 Å². The highest BCUT2D eigenvalue weighted by atomic mass is 35.5. The molecule has 2 aromatic heterocycles. The number of hydrogen-bond donors (Lipinski definition) is 1. The van der Waals surface area contributed by atoms with Crippen molar-refractivity contribution in [2.75, 3.05) is 18.1 Å². The Morgan fingerprint density at radius 3 is 2.67 bits per heavy atom. The van der Waals surface area contributed by atoms with Crippen molar-refractivity contribution < 1.29 is 18.3 Å². The molecule has 0 saturated carbocycles. The summed E-state index contributed by atoms with van der Waals surface area (Å²) in [6.45, 7) is 0.715. The van der Waals surface area contributed by atoms with Gasteiger partial charge in [0.1, 0.15) is 5.02 Å². The normalized spacial score (nSPS) is 18.0. The minimum Gasteiger partial charge on any atom is -0.396 e. The first-order chi connectivity index (χ1) is 12.8. The topological polar surface area (TPSA) is 71.2 Å². The Kier molecular flexibility index (Phi) is 5.71. The van der Waals surface area contributed by atoms with Crippen LogP contribution in [0.5, 0.6) is 0 Å². The molecule has 6 nitrogen and oxygen atoms in total. The van der Waals surface area contributed by atoms with Crippen molar-refractivity contribution in [1.29, 1.82) is 0 Å². The Balaban J connectivity index is 1.94. The van der Waals surface area contributed by atoms with Gasteiger partial charge in [-0.15, -0.1) is 0 Å². The first-order valence-electron chi connectivity index (χ1n) is 8.52. The quantitative estimate of drug-likeness (QED) is 0.851. The van der Waals surface area contributed by atoms with E-state index in [1.807, 2.05) is 4.90 Å². The van der Waals surface area contributed by atoms with Crippen LogP contribution in [0.25, 0.3) is 5.82 Å². The van der Waals surface area contributed by atoms with E-state index in [0.29, 0.717) is 24.8 Å². The standard InChI is InChI=1S/C17H18ClF3N4O2/c18-15-13(24-7-2-1-3-12(24)6-8-26)10-23-25(16(15)27)14-5-4-11(9-22-14)17(19,20)21/h4-5,9-10,12,26H,1-3,6-8H2. The van der Waals surface area contributed by atoms with E-state index in [1.165, 1.54) is 6.20 Å². The molecule has 1 fully saturated rings. The van der Waals surface area contributed by atoms with E-state index in [-0.39, 0.29) is 23.5 Å². The Labute approximate surface area is 158 Å². The molecular formula is C17H18ClF3N4O2. The molecular weight excluding hydrogens is 385 g/mol. The maximum Gasteiger partial charge on any atom is 0.417 e. The van der Waals surface area contributed by atoms with Crippen molar-refractivity contribution in [2.24, 2.45) is 0 Å². The van der Waals surface area contributed by atoms with Crippen molar-refractivity contribution in [3.05, 3.63) is 45.5 Å². The molecule has 3 heterocycles. The molecule has 1 unspecified atom stereocenters. The average molecular weight is 403 g/mol. The zero-order chi connectivity index (χ0) is 19.6. The number of hydrogen-bond acceptors (Lipinski definition) is 5. The zero-order valence-electron chi connectivity index (χ0n) is 14.3. The van der Waals surface area contributed by atoms with Gasteiger partial charge in [0.25, 0.3) is 5.56 Å². The van der Waals surface area contributed by atoms with E-state index in [9.17, 15) is 23.1 Å². The fourth-order valence-electron chi connectivity index (χ4n) is 3.23. The van der Waals surface area contributed by atoms with Gasteiger partial charge in [0, 0.05) is 25.4 Å². The number of aliphatic hydroxyl groups is 1. The first kappa shape index (κ1) is 19.6. The van der Waals surface area contributed by atoms with Gasteiger partial charge in [0.15, 0.2) is 5.82 Å². The van der Waals surface area contributed by atoms with Crippen molar-refractivity contribution >= 4 is 17.3 Å². The molecule has 1 aliphatic heterocycles. The number of anilines is 1. The third kappa shape index (κ3) is 4.08. The third-order valence-electron chi connectivity index (χ3n) is 4.59. The Bertz CT molecular complexity index is 853. The van der Waals surface area contributed by atoms with Crippen molar-refractivity contribution in [3.63, 3.8) is 0 Å². The summed E-state index contributed by atoms with van der Waals surface area (Å²) in [5.41, 5.74) is -1.11. The zero-order valence-corrected chi connectivity index (χ0v) is 15.0. The minimum atomic E-state index is -4.51. The highest BCUT2D eigenvalue weighted by Crippen LogP contribution is 2.31. The molecule has 0 aliphatic carbocycles. The van der Waals surface area contributed by atoms with E-state index in [0.717, 1.165) is 36.1 Å². The van der Waals surface area contributed by atoms with Crippen LogP contribution in [0.1, 0.15) is 31.2 Å². The second-order valence-electron chi connectivity index (χ2n) is 6.32. The average Bonchev–Trinajstić information content (AvgIpc) is 2.64. The molecule has 1 saturated heterocycles. The molecule has 0 aromatic carbocycles. The summed E-state index contributed by atoms with van der Waals surface area (Å²) in [6.07, 6.45) is 0.939. The highest BCUT2D eigenvalue weighted by Gasteiger charge is 2.31. The van der Waals surface area contributed by atoms with Gasteiger partial charge in [-0.1, -0.05) is 11.6 Å². The fraction of sp³-hybridized carbons (Fsp3) is 0.471. The molecule has 1 aliphatic rings. The summed E-state index contributed by atoms with van der Waals surface area (Å²) in [5, 5.41) is 13.2. The van der Waals surface area contributed by atoms with E-state index >= 15 is 0 Å². The van der Waals surface area contributed by atoms with E-state index < -0.39 is 17.3 Å². The highest BCUT2D eigenvalue weighted by molar-refractivity contribution is 6.33. The summed E-state index contributed by atoms with van der Waals surface area (Å²) >= 11 is 6.27. The Hall–Kier alpha value is -2.13. The molecule has 3 rings (SSSR count). The van der Waals surface area contributed by atoms with Gasteiger partial charge in [-0.05, 0) is 37.8 Å². The number of nitrogens with zero attached hydrogens (tertiary/aromatic N) is 4. The lowest BCUT2D eigenvalue weighted by Crippen LogP contribution is -2.41. The molecule has 1 N–H and O–H groups in total. The van der Waals surface area contributed by atoms with Crippen molar-refractivity contribution in [2.45, 2.75) is 37.9 Å². The lowest BCUT2D eigenvalue weighted by atomic mass is 9.99. The lowest BCUT2D eigenvalue weighted by Gasteiger charge is -2.37. The predicted octanol–water partition coefficient (Wildman–Crippen LogP) is 3.04. The van der Waals surface area contributed by atoms with Crippen LogP contribution >= 0.6 is 11.6 Å². The van der Waals surface area contributed by atoms with E-state index in [4.69, 9.17) is 11.6 Å². The second kappa shape index (κ2) is 7.85. The van der Waals surface area contributed by atoms with Gasteiger partial charge in [-0.2, -0.15) is 23.0 Å². The van der Waals surface area contributed by atoms with Crippen LogP contribution in [0.3, 0.4) is 0 Å². The summed E-state index contributed by atoms with van der Waals surface area (Å²) in [7, 11) is 0. The van der Waals surface area contributed by atoms with Gasteiger partial charge in [-0.25, -0.2) is 4.98 Å². The summed E-state index contributed by atoms with van der Waals surface area (Å²) in [5.74, 6) is -0.0491. The Morgan fingerprint density at radius 1 is 1.26 bits per heavy atom. The van der Waals surface area contributed by atoms with E-state index in [2.05, 4.69) is 10.1 Å². The molecule has 27 heavy (non-hydrogen) atoms. The molecule has 2 aromatic rings. The first-order valence-corrected chi connectivity index (χ1v) is 8.89. The number of halogens is 4. The molecule has 1 atom stereocenters. The molecule has 10 heteroatoms. The van der Waals surface area contributed by atoms with Gasteiger partial charge in [0.05, 0.1) is 17.4 Å². The minimum absolute atomic E-state index is 0.0265. The van der Waals surface area contributed by atoms with Gasteiger partial charge in [-0.3, -0.25) is 4.79 Å². The molecule has 0 radical (unpaired) electrons. The number of alkyl halides is 3. The third-order valence-corrected chi connectivity index (χ3v) is 4.95. The lowest BCUT2D eigenvalue weighted by molar-refractivity contribution is -0.137. The number of pyridine rings is 1. The van der Waals surface area contributed by atoms with Crippen LogP contribution < -0.4 is 10.5 Å². The summed E-state index contributed by atoms with van der Waals surface area (Å²) in [4.78, 5) is 18.2. The number of rotatable bonds is 4. The van der Waals surface area contributed by atoms with E-state index in [1.54, 1.807) is 0 Å². The largest absolute Gasteiger partial charge is 0.417 e. The number of aromatic nitrogens is 3. The monoisotopic (exact) mass is 402 g/mol. The smallest absolute Gasteiger partial charge is 0.396 e. The van der Waals surface area contributed by atoms with Crippen molar-refractivity contribution in [3.8, 4) is 5.82 Å². The van der Waals surface area contributed by atoms with Crippen LogP contribution in [0.2, 0.25) is 5.02 Å². The molecule has 0 amide bonds. The van der Waals surface area contributed by atoms with Crippen LogP contribution in [0.4, 0.5) is 18.9 Å².